The summed E-state index contributed by atoms with van der Waals surface area (Å²) in [5.74, 6) is 2.81. The van der Waals surface area contributed by atoms with Crippen molar-refractivity contribution in [3.8, 4) is 0 Å². The molecule has 2 heteroatoms. The molecule has 0 aromatic carbocycles. The number of nitrogens with one attached hydrogen (secondary N) is 1. The number of nitrogens with zero attached hydrogens (tertiary/aromatic N) is 1. The van der Waals surface area contributed by atoms with Crippen LogP contribution in [0.1, 0.15) is 71.6 Å². The fourth-order valence-electron chi connectivity index (χ4n) is 5.17. The van der Waals surface area contributed by atoms with Crippen molar-refractivity contribution in [2.24, 2.45) is 17.8 Å². The van der Waals surface area contributed by atoms with Gasteiger partial charge in [-0.25, -0.2) is 0 Å². The Bertz CT molecular complexity index is 297. The maximum Gasteiger partial charge on any atom is 0.0359 e. The summed E-state index contributed by atoms with van der Waals surface area (Å²) in [7, 11) is 6.84. The zero-order valence-electron chi connectivity index (χ0n) is 15.1. The van der Waals surface area contributed by atoms with E-state index in [0.29, 0.717) is 11.6 Å². The molecular formula is C19H38N2. The molecule has 0 spiro atoms. The second-order valence-electron chi connectivity index (χ2n) is 8.14. The van der Waals surface area contributed by atoms with Crippen LogP contribution in [-0.2, 0) is 0 Å². The smallest absolute Gasteiger partial charge is 0.0359 e. The van der Waals surface area contributed by atoms with Crippen LogP contribution in [0.4, 0.5) is 0 Å². The average molecular weight is 295 g/mol. The van der Waals surface area contributed by atoms with Crippen molar-refractivity contribution >= 4 is 0 Å². The lowest BCUT2D eigenvalue weighted by molar-refractivity contribution is 0.0130. The van der Waals surface area contributed by atoms with Gasteiger partial charge >= 0.3 is 0 Å². The fraction of sp³-hybridized carbons (Fsp3) is 1.00. The summed E-state index contributed by atoms with van der Waals surface area (Å²) < 4.78 is 0. The Morgan fingerprint density at radius 3 is 2.05 bits per heavy atom. The molecule has 0 saturated heterocycles. The number of hydrogen-bond acceptors (Lipinski definition) is 2. The molecule has 2 saturated carbocycles. The SMILES string of the molecule is CCC1CCC(C(NC)C2(N(C)C)CCC(C)CC2)CC1. The molecule has 1 unspecified atom stereocenters. The molecule has 0 heterocycles. The monoisotopic (exact) mass is 294 g/mol. The van der Waals surface area contributed by atoms with Crippen LogP contribution in [0.3, 0.4) is 0 Å². The maximum atomic E-state index is 3.77. The van der Waals surface area contributed by atoms with E-state index in [1.807, 2.05) is 0 Å². The van der Waals surface area contributed by atoms with Gasteiger partial charge < -0.3 is 10.2 Å². The summed E-state index contributed by atoms with van der Waals surface area (Å²) in [6, 6.07) is 0.679. The number of likely N-dealkylation sites (N-methyl/N-ethyl adjacent to an activating group) is 2. The Labute approximate surface area is 133 Å². The van der Waals surface area contributed by atoms with E-state index in [9.17, 15) is 0 Å². The number of rotatable bonds is 5. The normalized spacial score (nSPS) is 39.4. The Hall–Kier alpha value is -0.0800. The summed E-state index contributed by atoms with van der Waals surface area (Å²) in [6.07, 6.45) is 12.7. The van der Waals surface area contributed by atoms with Gasteiger partial charge in [0.2, 0.25) is 0 Å². The topological polar surface area (TPSA) is 15.3 Å². The van der Waals surface area contributed by atoms with Gasteiger partial charge in [0, 0.05) is 11.6 Å². The molecule has 1 N–H and O–H groups in total. The zero-order chi connectivity index (χ0) is 15.5. The van der Waals surface area contributed by atoms with Crippen LogP contribution in [0.5, 0.6) is 0 Å². The van der Waals surface area contributed by atoms with Crippen LogP contribution < -0.4 is 5.32 Å². The molecule has 2 fully saturated rings. The van der Waals surface area contributed by atoms with Crippen molar-refractivity contribution < 1.29 is 0 Å². The number of hydrogen-bond donors (Lipinski definition) is 1. The van der Waals surface area contributed by atoms with Crippen molar-refractivity contribution in [1.82, 2.24) is 10.2 Å². The Morgan fingerprint density at radius 1 is 1.05 bits per heavy atom. The van der Waals surface area contributed by atoms with Gasteiger partial charge in [0.1, 0.15) is 0 Å². The Morgan fingerprint density at radius 2 is 1.62 bits per heavy atom. The summed E-state index contributed by atoms with van der Waals surface area (Å²) in [6.45, 7) is 4.80. The molecule has 2 rings (SSSR count). The van der Waals surface area contributed by atoms with E-state index in [4.69, 9.17) is 0 Å². The Balaban J connectivity index is 2.10. The van der Waals surface area contributed by atoms with Crippen molar-refractivity contribution in [3.63, 3.8) is 0 Å². The first-order valence-corrected chi connectivity index (χ1v) is 9.38. The minimum atomic E-state index is 0.394. The predicted molar refractivity (Wildman–Crippen MR) is 92.6 cm³/mol. The van der Waals surface area contributed by atoms with Crippen LogP contribution in [0, 0.1) is 17.8 Å². The third-order valence-corrected chi connectivity index (χ3v) is 6.86. The van der Waals surface area contributed by atoms with E-state index in [1.165, 1.54) is 57.8 Å². The van der Waals surface area contributed by atoms with Gasteiger partial charge in [-0.3, -0.25) is 0 Å². The minimum absolute atomic E-state index is 0.394. The molecule has 21 heavy (non-hydrogen) atoms. The lowest BCUT2D eigenvalue weighted by Crippen LogP contribution is -2.62. The van der Waals surface area contributed by atoms with Gasteiger partial charge in [-0.05, 0) is 77.4 Å². The van der Waals surface area contributed by atoms with Gasteiger partial charge in [-0.1, -0.05) is 33.1 Å². The summed E-state index contributed by atoms with van der Waals surface area (Å²) in [5.41, 5.74) is 0.394. The first-order valence-electron chi connectivity index (χ1n) is 9.38. The highest BCUT2D eigenvalue weighted by atomic mass is 15.2. The minimum Gasteiger partial charge on any atom is -0.315 e. The van der Waals surface area contributed by atoms with Crippen molar-refractivity contribution in [2.45, 2.75) is 83.2 Å². The van der Waals surface area contributed by atoms with Gasteiger partial charge in [0.05, 0.1) is 0 Å². The molecule has 2 aliphatic carbocycles. The summed E-state index contributed by atoms with van der Waals surface area (Å²) in [5, 5.41) is 3.77. The van der Waals surface area contributed by atoms with Gasteiger partial charge in [-0.2, -0.15) is 0 Å². The highest BCUT2D eigenvalue weighted by Gasteiger charge is 2.45. The van der Waals surface area contributed by atoms with Crippen LogP contribution in [0.25, 0.3) is 0 Å². The average Bonchev–Trinajstić information content (AvgIpc) is 2.50. The summed E-state index contributed by atoms with van der Waals surface area (Å²) >= 11 is 0. The molecule has 1 atom stereocenters. The first kappa shape index (κ1) is 17.3. The van der Waals surface area contributed by atoms with Crippen LogP contribution >= 0.6 is 0 Å². The van der Waals surface area contributed by atoms with Gasteiger partial charge in [-0.15, -0.1) is 0 Å². The highest BCUT2D eigenvalue weighted by Crippen LogP contribution is 2.43. The second-order valence-corrected chi connectivity index (χ2v) is 8.14. The van der Waals surface area contributed by atoms with Crippen molar-refractivity contribution in [3.05, 3.63) is 0 Å². The molecular weight excluding hydrogens is 256 g/mol. The molecule has 0 aliphatic heterocycles. The van der Waals surface area contributed by atoms with E-state index >= 15 is 0 Å². The quantitative estimate of drug-likeness (QED) is 0.813. The molecule has 0 amide bonds. The molecule has 2 aliphatic rings. The van der Waals surface area contributed by atoms with Crippen LogP contribution in [0.2, 0.25) is 0 Å². The van der Waals surface area contributed by atoms with Gasteiger partial charge in [0.15, 0.2) is 0 Å². The maximum absolute atomic E-state index is 3.77. The third kappa shape index (κ3) is 3.64. The first-order chi connectivity index (χ1) is 10.0. The van der Waals surface area contributed by atoms with E-state index in [0.717, 1.165) is 17.8 Å². The molecule has 0 aromatic rings. The third-order valence-electron chi connectivity index (χ3n) is 6.86. The van der Waals surface area contributed by atoms with Crippen molar-refractivity contribution in [1.29, 1.82) is 0 Å². The molecule has 2 nitrogen and oxygen atoms in total. The highest BCUT2D eigenvalue weighted by molar-refractivity contribution is 5.04. The van der Waals surface area contributed by atoms with E-state index < -0.39 is 0 Å². The summed E-state index contributed by atoms with van der Waals surface area (Å²) in [4.78, 5) is 2.56. The lowest BCUT2D eigenvalue weighted by atomic mass is 9.65. The molecule has 0 radical (unpaired) electrons. The van der Waals surface area contributed by atoms with Crippen LogP contribution in [0.15, 0.2) is 0 Å². The zero-order valence-corrected chi connectivity index (χ0v) is 15.1. The van der Waals surface area contributed by atoms with E-state index in [-0.39, 0.29) is 0 Å². The van der Waals surface area contributed by atoms with Gasteiger partial charge in [0.25, 0.3) is 0 Å². The molecule has 0 bridgehead atoms. The molecule has 124 valence electrons. The Kier molecular flexibility index (Phi) is 6.14. The largest absolute Gasteiger partial charge is 0.315 e. The molecule has 0 aromatic heterocycles. The lowest BCUT2D eigenvalue weighted by Gasteiger charge is -2.53. The second kappa shape index (κ2) is 7.46. The predicted octanol–water partition coefficient (Wildman–Crippen LogP) is 4.30. The van der Waals surface area contributed by atoms with Crippen LogP contribution in [-0.4, -0.2) is 37.6 Å². The van der Waals surface area contributed by atoms with Crippen molar-refractivity contribution in [2.75, 3.05) is 21.1 Å². The van der Waals surface area contributed by atoms with E-state index in [1.54, 1.807) is 0 Å². The van der Waals surface area contributed by atoms with E-state index in [2.05, 4.69) is 45.2 Å². The fourth-order valence-corrected chi connectivity index (χ4v) is 5.17. The standard InChI is InChI=1S/C19H38N2/c1-6-16-7-9-17(10-8-16)18(20-3)19(21(4)5)13-11-15(2)12-14-19/h15-18,20H,6-14H2,1-5H3.